The van der Waals surface area contributed by atoms with E-state index in [2.05, 4.69) is 20.3 Å². The number of cyclic esters (lactones) is 1. The average molecular weight is 794 g/mol. The van der Waals surface area contributed by atoms with Gasteiger partial charge in [0.25, 0.3) is 5.91 Å². The van der Waals surface area contributed by atoms with Crippen LogP contribution in [0.5, 0.6) is 17.4 Å². The minimum Gasteiger partial charge on any atom is -0.496 e. The highest BCUT2D eigenvalue weighted by Crippen LogP contribution is 2.46. The van der Waals surface area contributed by atoms with Crippen LogP contribution >= 0.6 is 0 Å². The highest BCUT2D eigenvalue weighted by atomic mass is 32.2. The van der Waals surface area contributed by atoms with Crippen molar-refractivity contribution in [3.63, 3.8) is 0 Å². The lowest BCUT2D eigenvalue weighted by Crippen LogP contribution is -2.58. The SMILES string of the molecule is COc1cc2c3cc(c(OC)cc3n1)C=CCC[C@@H](C)COC(=O)N[C@H]1CCCCCC=C[C@@H]3C[C@@]3(C(=O)NS(=O)(=O)C3CC3)NC(=O)[C@@H]3C[C@H](CN3C1=O)O2. The van der Waals surface area contributed by atoms with Gasteiger partial charge in [0.15, 0.2) is 0 Å². The number of sulfonamides is 1. The molecule has 0 unspecified atom stereocenters. The molecule has 0 radical (unpaired) electrons. The van der Waals surface area contributed by atoms with Gasteiger partial charge in [-0.15, -0.1) is 0 Å². The highest BCUT2D eigenvalue weighted by molar-refractivity contribution is 7.91. The quantitative estimate of drug-likeness (QED) is 0.369. The molecule has 3 aliphatic heterocycles. The molecule has 56 heavy (non-hydrogen) atoms. The molecule has 15 nitrogen and oxygen atoms in total. The molecule has 2 aromatic rings. The second-order valence-corrected chi connectivity index (χ2v) is 17.6. The predicted octanol–water partition coefficient (Wildman–Crippen LogP) is 4.14. The minimum atomic E-state index is -3.90. The molecule has 1 aromatic carbocycles. The minimum absolute atomic E-state index is 0.0190. The van der Waals surface area contributed by atoms with Crippen LogP contribution in [0.3, 0.4) is 0 Å². The van der Waals surface area contributed by atoms with Gasteiger partial charge in [-0.3, -0.25) is 19.1 Å². The Morgan fingerprint density at radius 2 is 1.84 bits per heavy atom. The Morgan fingerprint density at radius 1 is 1.02 bits per heavy atom. The zero-order chi connectivity index (χ0) is 39.6. The first-order valence-electron chi connectivity index (χ1n) is 19.6. The highest BCUT2D eigenvalue weighted by Gasteiger charge is 2.62. The van der Waals surface area contributed by atoms with E-state index in [1.54, 1.807) is 19.2 Å². The van der Waals surface area contributed by atoms with Gasteiger partial charge in [0.1, 0.15) is 35.2 Å². The van der Waals surface area contributed by atoms with Crippen LogP contribution < -0.4 is 29.6 Å². The van der Waals surface area contributed by atoms with Crippen molar-refractivity contribution in [3.8, 4) is 17.4 Å². The number of carbonyl (C=O) groups excluding carboxylic acids is 4. The van der Waals surface area contributed by atoms with E-state index >= 15 is 0 Å². The summed E-state index contributed by atoms with van der Waals surface area (Å²) in [5.74, 6) is -1.00. The molecular formula is C40H51N5O10S. The van der Waals surface area contributed by atoms with Crippen molar-refractivity contribution in [1.29, 1.82) is 0 Å². The summed E-state index contributed by atoms with van der Waals surface area (Å²) in [7, 11) is -0.824. The molecule has 4 amide bonds. The summed E-state index contributed by atoms with van der Waals surface area (Å²) in [4.78, 5) is 62.1. The molecule has 2 saturated carbocycles. The number of alkyl carbamates (subject to hydrolysis) is 1. The standard InChI is InChI=1S/C40H51N5O10S/c1-24-11-9-10-12-25-17-29-31(19-33(25)52-2)41-35(53-3)20-34(29)55-27-18-32-36(46)43-40(38(48)44-56(50,51)28-15-16-28)21-26(40)13-7-5-4-6-8-14-30(37(47)45(32)22-27)42-39(49)54-23-24/h7,10,12-13,17,19-20,24,26-28,30,32H,4-6,8-9,11,14-16,18,21-23H2,1-3H3,(H,42,49)(H,43,46)(H,44,48)/t24-,26-,27-,30+,32+,40-/m1/s1. The topological polar surface area (TPSA) is 192 Å². The number of nitrogens with zero attached hydrogens (tertiary/aromatic N) is 2. The summed E-state index contributed by atoms with van der Waals surface area (Å²) < 4.78 is 51.5. The number of fused-ring (bicyclic) bond motifs is 4. The molecule has 302 valence electrons. The Balaban J connectivity index is 1.26. The van der Waals surface area contributed by atoms with E-state index in [0.717, 1.165) is 24.8 Å². The maximum atomic E-state index is 14.6. The van der Waals surface area contributed by atoms with E-state index in [1.165, 1.54) is 12.0 Å². The molecule has 1 saturated heterocycles. The van der Waals surface area contributed by atoms with Crippen molar-refractivity contribution < 1.29 is 46.5 Å². The Hall–Kier alpha value is -4.86. The van der Waals surface area contributed by atoms with Gasteiger partial charge in [-0.1, -0.05) is 44.1 Å². The third-order valence-corrected chi connectivity index (χ3v) is 13.2. The number of hydrogen-bond acceptors (Lipinski definition) is 11. The van der Waals surface area contributed by atoms with Gasteiger partial charge >= 0.3 is 6.09 Å². The van der Waals surface area contributed by atoms with Crippen molar-refractivity contribution in [1.82, 2.24) is 25.2 Å². The van der Waals surface area contributed by atoms with Crippen molar-refractivity contribution >= 4 is 50.8 Å². The lowest BCUT2D eigenvalue weighted by molar-refractivity contribution is -0.141. The van der Waals surface area contributed by atoms with Crippen LogP contribution in [0.1, 0.15) is 83.1 Å². The van der Waals surface area contributed by atoms with Crippen molar-refractivity contribution in [2.75, 3.05) is 27.4 Å². The number of hydrogen-bond donors (Lipinski definition) is 3. The van der Waals surface area contributed by atoms with Gasteiger partial charge in [-0.05, 0) is 63.4 Å². The maximum Gasteiger partial charge on any atom is 0.407 e. The molecule has 3 N–H and O–H groups in total. The van der Waals surface area contributed by atoms with Gasteiger partial charge in [0.05, 0.1) is 38.1 Å². The molecule has 5 aliphatic rings. The molecule has 2 aliphatic carbocycles. The molecule has 0 spiro atoms. The number of ether oxygens (including phenoxy) is 4. The summed E-state index contributed by atoms with van der Waals surface area (Å²) >= 11 is 0. The fraction of sp³-hybridized carbons (Fsp3) is 0.575. The van der Waals surface area contributed by atoms with Gasteiger partial charge in [-0.25, -0.2) is 18.2 Å². The zero-order valence-electron chi connectivity index (χ0n) is 32.1. The number of pyridine rings is 1. The lowest BCUT2D eigenvalue weighted by atomic mass is 10.0. The fourth-order valence-electron chi connectivity index (χ4n) is 7.83. The number of rotatable bonds is 5. The molecule has 5 bridgehead atoms. The summed E-state index contributed by atoms with van der Waals surface area (Å²) in [6, 6.07) is 3.26. The predicted molar refractivity (Wildman–Crippen MR) is 206 cm³/mol. The Morgan fingerprint density at radius 3 is 2.61 bits per heavy atom. The molecule has 16 heteroatoms. The first-order valence-corrected chi connectivity index (χ1v) is 21.1. The number of carbonyl (C=O) groups is 4. The summed E-state index contributed by atoms with van der Waals surface area (Å²) in [5, 5.41) is 5.71. The molecular weight excluding hydrogens is 743 g/mol. The molecule has 6 atom stereocenters. The normalized spacial score (nSPS) is 28.9. The Bertz CT molecular complexity index is 2030. The third kappa shape index (κ3) is 8.59. The van der Waals surface area contributed by atoms with Crippen molar-refractivity contribution in [2.45, 2.75) is 107 Å². The zero-order valence-corrected chi connectivity index (χ0v) is 32.9. The van der Waals surface area contributed by atoms with Gasteiger partial charge in [-0.2, -0.15) is 0 Å². The van der Waals surface area contributed by atoms with Crippen molar-refractivity contribution in [2.24, 2.45) is 11.8 Å². The summed E-state index contributed by atoms with van der Waals surface area (Å²) in [6.45, 7) is 2.11. The smallest absolute Gasteiger partial charge is 0.407 e. The average Bonchev–Trinajstić information content (AvgIpc) is 4.10. The summed E-state index contributed by atoms with van der Waals surface area (Å²) in [6.07, 6.45) is 12.2. The second kappa shape index (κ2) is 16.3. The van der Waals surface area contributed by atoms with E-state index in [1.807, 2.05) is 37.3 Å². The van der Waals surface area contributed by atoms with Crippen LogP contribution in [0.4, 0.5) is 4.79 Å². The van der Waals surface area contributed by atoms with Crippen molar-refractivity contribution in [3.05, 3.63) is 42.0 Å². The van der Waals surface area contributed by atoms with E-state index in [4.69, 9.17) is 18.9 Å². The van der Waals surface area contributed by atoms with Crippen LogP contribution in [-0.4, -0.2) is 98.5 Å². The fourth-order valence-corrected chi connectivity index (χ4v) is 9.19. The number of methoxy groups -OCH3 is 2. The Labute approximate surface area is 327 Å². The Kier molecular flexibility index (Phi) is 11.5. The van der Waals surface area contributed by atoms with Gasteiger partial charge < -0.3 is 34.5 Å². The van der Waals surface area contributed by atoms with Crippen LogP contribution in [0.25, 0.3) is 17.0 Å². The van der Waals surface area contributed by atoms with E-state index in [-0.39, 0.29) is 37.8 Å². The number of benzene rings is 1. The van der Waals surface area contributed by atoms with Crippen LogP contribution in [0, 0.1) is 11.8 Å². The van der Waals surface area contributed by atoms with Gasteiger partial charge in [0, 0.05) is 35.4 Å². The second-order valence-electron chi connectivity index (χ2n) is 15.6. The number of nitrogens with one attached hydrogen (secondary N) is 3. The van der Waals surface area contributed by atoms with E-state index < -0.39 is 68.7 Å². The maximum absolute atomic E-state index is 14.6. The van der Waals surface area contributed by atoms with Crippen LogP contribution in [-0.2, 0) is 29.1 Å². The molecule has 4 heterocycles. The molecule has 3 fully saturated rings. The first kappa shape index (κ1) is 39.4. The van der Waals surface area contributed by atoms with Crippen LogP contribution in [0.2, 0.25) is 0 Å². The largest absolute Gasteiger partial charge is 0.496 e. The number of aromatic nitrogens is 1. The van der Waals surface area contributed by atoms with E-state index in [0.29, 0.717) is 60.9 Å². The molecule has 1 aromatic heterocycles. The number of allylic oxidation sites excluding steroid dienone is 2. The van der Waals surface area contributed by atoms with Crippen LogP contribution in [0.15, 0.2) is 36.4 Å². The van der Waals surface area contributed by atoms with Gasteiger partial charge in [0.2, 0.25) is 27.7 Å². The third-order valence-electron chi connectivity index (χ3n) is 11.4. The molecule has 7 rings (SSSR count). The summed E-state index contributed by atoms with van der Waals surface area (Å²) in [5.41, 5.74) is -0.171. The number of amides is 4. The van der Waals surface area contributed by atoms with E-state index in [9.17, 15) is 27.6 Å². The monoisotopic (exact) mass is 793 g/mol. The lowest BCUT2D eigenvalue weighted by Gasteiger charge is -2.29. The first-order chi connectivity index (χ1) is 26.9.